The lowest BCUT2D eigenvalue weighted by atomic mass is 10.1. The van der Waals surface area contributed by atoms with Gasteiger partial charge in [-0.05, 0) is 18.1 Å². The zero-order valence-corrected chi connectivity index (χ0v) is 11.5. The van der Waals surface area contributed by atoms with Gasteiger partial charge in [-0.1, -0.05) is 25.1 Å². The van der Waals surface area contributed by atoms with Crippen molar-refractivity contribution < 1.29 is 22.7 Å². The van der Waals surface area contributed by atoms with E-state index in [9.17, 15) is 18.0 Å². The number of ether oxygens (including phenoxy) is 1. The molecule has 0 saturated heterocycles. The molecular formula is C14H18F3NO2. The zero-order chi connectivity index (χ0) is 15.2. The fourth-order valence-electron chi connectivity index (χ4n) is 1.78. The number of benzene rings is 1. The Labute approximate surface area is 116 Å². The number of carbonyl (C=O) groups is 1. The lowest BCUT2D eigenvalue weighted by Gasteiger charge is -2.16. The van der Waals surface area contributed by atoms with Gasteiger partial charge < -0.3 is 10.1 Å². The molecule has 0 radical (unpaired) electrons. The highest BCUT2D eigenvalue weighted by Crippen LogP contribution is 2.29. The molecule has 0 aliphatic heterocycles. The van der Waals surface area contributed by atoms with Crippen molar-refractivity contribution >= 4 is 5.91 Å². The van der Waals surface area contributed by atoms with Crippen LogP contribution < -0.4 is 5.32 Å². The molecule has 1 unspecified atom stereocenters. The lowest BCUT2D eigenvalue weighted by molar-refractivity contribution is -0.137. The molecule has 0 fully saturated rings. The van der Waals surface area contributed by atoms with E-state index in [1.54, 1.807) is 0 Å². The fourth-order valence-corrected chi connectivity index (χ4v) is 1.78. The third-order valence-electron chi connectivity index (χ3n) is 2.84. The zero-order valence-electron chi connectivity index (χ0n) is 11.5. The third kappa shape index (κ3) is 5.21. The normalized spacial score (nSPS) is 13.1. The average Bonchev–Trinajstić information content (AvgIpc) is 2.37. The van der Waals surface area contributed by atoms with Gasteiger partial charge in [-0.15, -0.1) is 0 Å². The van der Waals surface area contributed by atoms with Crippen molar-refractivity contribution in [2.24, 2.45) is 0 Å². The summed E-state index contributed by atoms with van der Waals surface area (Å²) in [5.41, 5.74) is -0.406. The quantitative estimate of drug-likeness (QED) is 0.874. The van der Waals surface area contributed by atoms with Gasteiger partial charge in [0.2, 0.25) is 5.91 Å². The van der Waals surface area contributed by atoms with E-state index in [0.29, 0.717) is 18.6 Å². The molecule has 6 heteroatoms. The van der Waals surface area contributed by atoms with Crippen molar-refractivity contribution in [3.8, 4) is 0 Å². The Morgan fingerprint density at radius 1 is 1.40 bits per heavy atom. The molecule has 0 bridgehead atoms. The van der Waals surface area contributed by atoms with E-state index in [2.05, 4.69) is 5.32 Å². The second kappa shape index (κ2) is 7.28. The molecule has 1 N–H and O–H groups in total. The Hall–Kier alpha value is -1.56. The molecule has 112 valence electrons. The van der Waals surface area contributed by atoms with E-state index in [0.717, 1.165) is 12.1 Å². The van der Waals surface area contributed by atoms with Crippen LogP contribution in [0, 0.1) is 0 Å². The SMILES string of the molecule is CCC(COC)NC(=O)Cc1cccc(C(F)(F)F)c1. The van der Waals surface area contributed by atoms with Crippen molar-refractivity contribution in [1.82, 2.24) is 5.32 Å². The van der Waals surface area contributed by atoms with Gasteiger partial charge >= 0.3 is 6.18 Å². The molecule has 1 aromatic carbocycles. The van der Waals surface area contributed by atoms with E-state index in [1.165, 1.54) is 19.2 Å². The van der Waals surface area contributed by atoms with Crippen molar-refractivity contribution in [3.05, 3.63) is 35.4 Å². The van der Waals surface area contributed by atoms with Crippen LogP contribution in [0.15, 0.2) is 24.3 Å². The van der Waals surface area contributed by atoms with Crippen LogP contribution in [0.25, 0.3) is 0 Å². The maximum absolute atomic E-state index is 12.6. The molecule has 1 atom stereocenters. The first-order valence-electron chi connectivity index (χ1n) is 6.31. The van der Waals surface area contributed by atoms with Crippen LogP contribution >= 0.6 is 0 Å². The number of rotatable bonds is 6. The number of hydrogen-bond acceptors (Lipinski definition) is 2. The van der Waals surface area contributed by atoms with Gasteiger partial charge in [0.05, 0.1) is 24.6 Å². The van der Waals surface area contributed by atoms with Crippen LogP contribution in [-0.2, 0) is 22.1 Å². The summed E-state index contributed by atoms with van der Waals surface area (Å²) in [6, 6.07) is 4.67. The molecule has 20 heavy (non-hydrogen) atoms. The van der Waals surface area contributed by atoms with Crippen LogP contribution in [0.4, 0.5) is 13.2 Å². The topological polar surface area (TPSA) is 38.3 Å². The van der Waals surface area contributed by atoms with Crippen LogP contribution in [0.1, 0.15) is 24.5 Å². The molecule has 0 aromatic heterocycles. The van der Waals surface area contributed by atoms with Gasteiger partial charge in [0.15, 0.2) is 0 Å². The molecular weight excluding hydrogens is 271 g/mol. The van der Waals surface area contributed by atoms with Crippen molar-refractivity contribution in [2.75, 3.05) is 13.7 Å². The van der Waals surface area contributed by atoms with Crippen LogP contribution in [-0.4, -0.2) is 25.7 Å². The number of carbonyl (C=O) groups excluding carboxylic acids is 1. The highest BCUT2D eigenvalue weighted by Gasteiger charge is 2.30. The van der Waals surface area contributed by atoms with Crippen molar-refractivity contribution in [3.63, 3.8) is 0 Å². The molecule has 0 aliphatic carbocycles. The fraction of sp³-hybridized carbons (Fsp3) is 0.500. The summed E-state index contributed by atoms with van der Waals surface area (Å²) in [6.45, 7) is 2.28. The first-order valence-corrected chi connectivity index (χ1v) is 6.31. The standard InChI is InChI=1S/C14H18F3NO2/c1-3-12(9-20-2)18-13(19)8-10-5-4-6-11(7-10)14(15,16)17/h4-7,12H,3,8-9H2,1-2H3,(H,18,19). The smallest absolute Gasteiger partial charge is 0.383 e. The largest absolute Gasteiger partial charge is 0.416 e. The first-order chi connectivity index (χ1) is 9.36. The molecule has 0 aliphatic rings. The van der Waals surface area contributed by atoms with Crippen LogP contribution in [0.3, 0.4) is 0 Å². The molecule has 1 rings (SSSR count). The van der Waals surface area contributed by atoms with E-state index in [1.807, 2.05) is 6.92 Å². The third-order valence-corrected chi connectivity index (χ3v) is 2.84. The second-order valence-corrected chi connectivity index (χ2v) is 4.50. The summed E-state index contributed by atoms with van der Waals surface area (Å²) in [6.07, 6.45) is -3.78. The van der Waals surface area contributed by atoms with Gasteiger partial charge in [0.25, 0.3) is 0 Å². The monoisotopic (exact) mass is 289 g/mol. The van der Waals surface area contributed by atoms with Gasteiger partial charge in [-0.2, -0.15) is 13.2 Å². The maximum atomic E-state index is 12.6. The summed E-state index contributed by atoms with van der Waals surface area (Å²) in [5, 5.41) is 2.73. The molecule has 1 aromatic rings. The molecule has 0 spiro atoms. The van der Waals surface area contributed by atoms with E-state index in [4.69, 9.17) is 4.74 Å². The second-order valence-electron chi connectivity index (χ2n) is 4.50. The molecule has 1 amide bonds. The summed E-state index contributed by atoms with van der Waals surface area (Å²) in [4.78, 5) is 11.8. The number of amides is 1. The minimum Gasteiger partial charge on any atom is -0.383 e. The summed E-state index contributed by atoms with van der Waals surface area (Å²) in [7, 11) is 1.53. The highest BCUT2D eigenvalue weighted by atomic mass is 19.4. The van der Waals surface area contributed by atoms with Crippen LogP contribution in [0.5, 0.6) is 0 Å². The number of methoxy groups -OCH3 is 1. The lowest BCUT2D eigenvalue weighted by Crippen LogP contribution is -2.38. The Balaban J connectivity index is 2.66. The van der Waals surface area contributed by atoms with E-state index < -0.39 is 11.7 Å². The Bertz CT molecular complexity index is 446. The number of nitrogens with one attached hydrogen (secondary N) is 1. The molecule has 3 nitrogen and oxygen atoms in total. The minimum absolute atomic E-state index is 0.0792. The number of alkyl halides is 3. The van der Waals surface area contributed by atoms with Gasteiger partial charge in [-0.25, -0.2) is 0 Å². The molecule has 0 heterocycles. The predicted molar refractivity (Wildman–Crippen MR) is 69.2 cm³/mol. The van der Waals surface area contributed by atoms with Gasteiger partial charge in [0, 0.05) is 7.11 Å². The average molecular weight is 289 g/mol. The summed E-state index contributed by atoms with van der Waals surface area (Å²) in [5.74, 6) is -0.312. The van der Waals surface area contributed by atoms with Gasteiger partial charge in [0.1, 0.15) is 0 Å². The first kappa shape index (κ1) is 16.5. The Morgan fingerprint density at radius 2 is 2.10 bits per heavy atom. The van der Waals surface area contributed by atoms with E-state index >= 15 is 0 Å². The number of halogens is 3. The predicted octanol–water partition coefficient (Wildman–Crippen LogP) is 2.79. The minimum atomic E-state index is -4.39. The summed E-state index contributed by atoms with van der Waals surface area (Å²) < 4.78 is 42.6. The van der Waals surface area contributed by atoms with Crippen LogP contribution in [0.2, 0.25) is 0 Å². The summed E-state index contributed by atoms with van der Waals surface area (Å²) >= 11 is 0. The Kier molecular flexibility index (Phi) is 6.01. The van der Waals surface area contributed by atoms with Crippen molar-refractivity contribution in [1.29, 1.82) is 0 Å². The highest BCUT2D eigenvalue weighted by molar-refractivity contribution is 5.78. The Morgan fingerprint density at radius 3 is 2.65 bits per heavy atom. The maximum Gasteiger partial charge on any atom is 0.416 e. The van der Waals surface area contributed by atoms with Crippen molar-refractivity contribution in [2.45, 2.75) is 32.0 Å². The molecule has 0 saturated carbocycles. The van der Waals surface area contributed by atoms with E-state index in [-0.39, 0.29) is 18.4 Å². The number of hydrogen-bond donors (Lipinski definition) is 1. The van der Waals surface area contributed by atoms with Gasteiger partial charge in [-0.3, -0.25) is 4.79 Å².